The van der Waals surface area contributed by atoms with E-state index in [1.54, 1.807) is 14.2 Å². The molecule has 1 aliphatic rings. The summed E-state index contributed by atoms with van der Waals surface area (Å²) in [4.78, 5) is 12.0. The fourth-order valence-electron chi connectivity index (χ4n) is 2.94. The first-order valence-electron chi connectivity index (χ1n) is 8.40. The quantitative estimate of drug-likeness (QED) is 0.770. The van der Waals surface area contributed by atoms with Crippen molar-refractivity contribution in [2.24, 2.45) is 5.92 Å². The van der Waals surface area contributed by atoms with Gasteiger partial charge in [-0.15, -0.1) is 0 Å². The van der Waals surface area contributed by atoms with Gasteiger partial charge in [-0.3, -0.25) is 4.79 Å². The lowest BCUT2D eigenvalue weighted by molar-refractivity contribution is -0.121. The number of methoxy groups -OCH3 is 2. The maximum Gasteiger partial charge on any atom is 0.220 e. The van der Waals surface area contributed by atoms with E-state index in [2.05, 4.69) is 10.6 Å². The topological polar surface area (TPSA) is 59.6 Å². The highest BCUT2D eigenvalue weighted by Crippen LogP contribution is 2.23. The second-order valence-electron chi connectivity index (χ2n) is 6.07. The van der Waals surface area contributed by atoms with Crippen molar-refractivity contribution in [2.45, 2.75) is 32.1 Å². The molecule has 1 atom stereocenters. The molecular weight excluding hydrogens is 292 g/mol. The Morgan fingerprint density at radius 3 is 2.61 bits per heavy atom. The summed E-state index contributed by atoms with van der Waals surface area (Å²) >= 11 is 0. The zero-order valence-corrected chi connectivity index (χ0v) is 14.2. The van der Waals surface area contributed by atoms with E-state index in [1.807, 2.05) is 18.2 Å². The van der Waals surface area contributed by atoms with Gasteiger partial charge in [-0.1, -0.05) is 0 Å². The second kappa shape index (κ2) is 9.40. The number of hydrogen-bond donors (Lipinski definition) is 2. The monoisotopic (exact) mass is 320 g/mol. The number of benzene rings is 1. The largest absolute Gasteiger partial charge is 0.497 e. The minimum absolute atomic E-state index is 0.107. The molecule has 128 valence electrons. The molecule has 0 spiro atoms. The van der Waals surface area contributed by atoms with Crippen LogP contribution in [-0.2, 0) is 11.2 Å². The number of piperidine rings is 1. The van der Waals surface area contributed by atoms with Crippen LogP contribution in [-0.4, -0.2) is 39.8 Å². The molecule has 1 unspecified atom stereocenters. The van der Waals surface area contributed by atoms with Crippen LogP contribution in [0.15, 0.2) is 18.2 Å². The second-order valence-corrected chi connectivity index (χ2v) is 6.07. The lowest BCUT2D eigenvalue weighted by Gasteiger charge is -2.22. The number of amides is 1. The molecule has 1 aromatic carbocycles. The van der Waals surface area contributed by atoms with Crippen molar-refractivity contribution in [1.29, 1.82) is 0 Å². The van der Waals surface area contributed by atoms with Crippen LogP contribution in [0.1, 0.15) is 31.2 Å². The minimum atomic E-state index is 0.107. The molecule has 2 N–H and O–H groups in total. The highest BCUT2D eigenvalue weighted by molar-refractivity contribution is 5.76. The Hall–Kier alpha value is -1.75. The Morgan fingerprint density at radius 2 is 2.00 bits per heavy atom. The van der Waals surface area contributed by atoms with Crippen LogP contribution in [0, 0.1) is 5.92 Å². The first kappa shape index (κ1) is 17.6. The zero-order chi connectivity index (χ0) is 16.5. The number of ether oxygens (including phenoxy) is 2. The molecule has 2 rings (SSSR count). The third-order valence-corrected chi connectivity index (χ3v) is 4.33. The molecule has 1 amide bonds. The van der Waals surface area contributed by atoms with E-state index < -0.39 is 0 Å². The zero-order valence-electron chi connectivity index (χ0n) is 14.2. The average Bonchev–Trinajstić information content (AvgIpc) is 2.60. The average molecular weight is 320 g/mol. The molecule has 1 saturated heterocycles. The maximum absolute atomic E-state index is 12.0. The van der Waals surface area contributed by atoms with Crippen molar-refractivity contribution >= 4 is 5.91 Å². The number of rotatable bonds is 8. The Labute approximate surface area is 138 Å². The Kier molecular flexibility index (Phi) is 7.20. The number of nitrogens with one attached hydrogen (secondary N) is 2. The van der Waals surface area contributed by atoms with E-state index in [4.69, 9.17) is 9.47 Å². The van der Waals surface area contributed by atoms with Crippen LogP contribution < -0.4 is 20.1 Å². The molecule has 1 fully saturated rings. The van der Waals surface area contributed by atoms with Crippen molar-refractivity contribution in [3.8, 4) is 11.5 Å². The summed E-state index contributed by atoms with van der Waals surface area (Å²) in [5.41, 5.74) is 1.05. The van der Waals surface area contributed by atoms with Gasteiger partial charge in [-0.2, -0.15) is 0 Å². The lowest BCUT2D eigenvalue weighted by atomic mass is 9.96. The number of carbonyl (C=O) groups is 1. The molecule has 5 heteroatoms. The van der Waals surface area contributed by atoms with Crippen molar-refractivity contribution in [1.82, 2.24) is 10.6 Å². The van der Waals surface area contributed by atoms with Crippen LogP contribution in [0.25, 0.3) is 0 Å². The number of aryl methyl sites for hydroxylation is 1. The fourth-order valence-corrected chi connectivity index (χ4v) is 2.94. The summed E-state index contributed by atoms with van der Waals surface area (Å²) in [6.07, 6.45) is 4.75. The molecule has 0 radical (unpaired) electrons. The van der Waals surface area contributed by atoms with Gasteiger partial charge in [0.05, 0.1) is 14.2 Å². The Bertz CT molecular complexity index is 477. The smallest absolute Gasteiger partial charge is 0.220 e. The first-order chi connectivity index (χ1) is 11.2. The number of carbonyl (C=O) groups excluding carboxylic acids is 1. The fraction of sp³-hybridized carbons (Fsp3) is 0.611. The standard InChI is InChI=1S/C18H28N2O3/c1-22-16-10-15(11-17(12-16)23-2)5-6-18(21)20-9-7-14-4-3-8-19-13-14/h10-12,14,19H,3-9,13H2,1-2H3,(H,20,21). The van der Waals surface area contributed by atoms with Gasteiger partial charge in [0.2, 0.25) is 5.91 Å². The van der Waals surface area contributed by atoms with Gasteiger partial charge in [0.1, 0.15) is 11.5 Å². The van der Waals surface area contributed by atoms with E-state index in [9.17, 15) is 4.79 Å². The minimum Gasteiger partial charge on any atom is -0.497 e. The highest BCUT2D eigenvalue weighted by atomic mass is 16.5. The van der Waals surface area contributed by atoms with E-state index in [1.165, 1.54) is 12.8 Å². The van der Waals surface area contributed by atoms with E-state index >= 15 is 0 Å². The van der Waals surface area contributed by atoms with E-state index in [0.29, 0.717) is 18.8 Å². The summed E-state index contributed by atoms with van der Waals surface area (Å²) in [5.74, 6) is 2.32. The van der Waals surface area contributed by atoms with Gasteiger partial charge in [0.15, 0.2) is 0 Å². The maximum atomic E-state index is 12.0. The lowest BCUT2D eigenvalue weighted by Crippen LogP contribution is -2.33. The molecule has 0 aromatic heterocycles. The highest BCUT2D eigenvalue weighted by Gasteiger charge is 2.13. The molecular formula is C18H28N2O3. The summed E-state index contributed by atoms with van der Waals surface area (Å²) in [6, 6.07) is 5.73. The van der Waals surface area contributed by atoms with Crippen LogP contribution in [0.2, 0.25) is 0 Å². The Morgan fingerprint density at radius 1 is 1.26 bits per heavy atom. The van der Waals surface area contributed by atoms with Gasteiger partial charge in [-0.05, 0) is 62.4 Å². The third kappa shape index (κ3) is 6.10. The summed E-state index contributed by atoms with van der Waals surface area (Å²) in [7, 11) is 3.26. The van der Waals surface area contributed by atoms with Gasteiger partial charge in [0, 0.05) is 19.0 Å². The van der Waals surface area contributed by atoms with Crippen LogP contribution in [0.4, 0.5) is 0 Å². The van der Waals surface area contributed by atoms with Crippen molar-refractivity contribution in [3.63, 3.8) is 0 Å². The molecule has 23 heavy (non-hydrogen) atoms. The summed E-state index contributed by atoms with van der Waals surface area (Å²) < 4.78 is 10.5. The SMILES string of the molecule is COc1cc(CCC(=O)NCCC2CCCNC2)cc(OC)c1. The van der Waals surface area contributed by atoms with Crippen molar-refractivity contribution < 1.29 is 14.3 Å². The third-order valence-electron chi connectivity index (χ3n) is 4.33. The van der Waals surface area contributed by atoms with Gasteiger partial charge >= 0.3 is 0 Å². The van der Waals surface area contributed by atoms with Crippen LogP contribution >= 0.6 is 0 Å². The normalized spacial score (nSPS) is 17.6. The molecule has 1 aromatic rings. The predicted octanol–water partition coefficient (Wildman–Crippen LogP) is 2.14. The molecule has 5 nitrogen and oxygen atoms in total. The summed E-state index contributed by atoms with van der Waals surface area (Å²) in [5, 5.41) is 6.43. The van der Waals surface area contributed by atoms with Crippen molar-refractivity contribution in [3.05, 3.63) is 23.8 Å². The van der Waals surface area contributed by atoms with Gasteiger partial charge in [-0.25, -0.2) is 0 Å². The predicted molar refractivity (Wildman–Crippen MR) is 91.1 cm³/mol. The van der Waals surface area contributed by atoms with Gasteiger partial charge < -0.3 is 20.1 Å². The van der Waals surface area contributed by atoms with Gasteiger partial charge in [0.25, 0.3) is 0 Å². The molecule has 0 aliphatic carbocycles. The van der Waals surface area contributed by atoms with E-state index in [0.717, 1.165) is 43.1 Å². The first-order valence-corrected chi connectivity index (χ1v) is 8.40. The molecule has 0 bridgehead atoms. The van der Waals surface area contributed by atoms with Crippen molar-refractivity contribution in [2.75, 3.05) is 33.9 Å². The summed E-state index contributed by atoms with van der Waals surface area (Å²) in [6.45, 7) is 2.99. The Balaban J connectivity index is 1.71. The van der Waals surface area contributed by atoms with Crippen LogP contribution in [0.3, 0.4) is 0 Å². The molecule has 1 heterocycles. The molecule has 1 aliphatic heterocycles. The number of hydrogen-bond acceptors (Lipinski definition) is 4. The molecule has 0 saturated carbocycles. The van der Waals surface area contributed by atoms with Crippen LogP contribution in [0.5, 0.6) is 11.5 Å². The van der Waals surface area contributed by atoms with E-state index in [-0.39, 0.29) is 5.91 Å².